The fraction of sp³-hybridized carbons (Fsp3) is 0.0476. The number of nitro benzene ring substituents is 2. The Morgan fingerprint density at radius 3 is 2.32 bits per heavy atom. The number of benzene rings is 3. The van der Waals surface area contributed by atoms with Crippen LogP contribution in [-0.2, 0) is 6.54 Å². The van der Waals surface area contributed by atoms with E-state index in [0.29, 0.717) is 10.9 Å². The quantitative estimate of drug-likeness (QED) is 0.250. The topological polar surface area (TPSA) is 121 Å². The van der Waals surface area contributed by atoms with Crippen molar-refractivity contribution in [3.8, 4) is 0 Å². The van der Waals surface area contributed by atoms with Crippen molar-refractivity contribution in [3.05, 3.63) is 109 Å². The van der Waals surface area contributed by atoms with Crippen molar-refractivity contribution in [2.75, 3.05) is 0 Å². The van der Waals surface area contributed by atoms with E-state index in [1.165, 1.54) is 16.7 Å². The average molecular weight is 434 g/mol. The minimum absolute atomic E-state index is 0.152. The van der Waals surface area contributed by atoms with Gasteiger partial charge in [0.2, 0.25) is 0 Å². The van der Waals surface area contributed by atoms with Gasteiger partial charge in [-0.05, 0) is 35.5 Å². The van der Waals surface area contributed by atoms with E-state index in [9.17, 15) is 25.0 Å². The number of rotatable bonds is 6. The van der Waals surface area contributed by atoms with E-state index < -0.39 is 15.5 Å². The first-order valence-electron chi connectivity index (χ1n) is 9.08. The van der Waals surface area contributed by atoms with Crippen molar-refractivity contribution in [2.24, 2.45) is 0 Å². The summed E-state index contributed by atoms with van der Waals surface area (Å²) in [6, 6.07) is 19.5. The molecule has 0 aliphatic rings. The summed E-state index contributed by atoms with van der Waals surface area (Å²) in [4.78, 5) is 39.1. The second-order valence-electron chi connectivity index (χ2n) is 6.56. The molecule has 0 aliphatic heterocycles. The summed E-state index contributed by atoms with van der Waals surface area (Å²) in [7, 11) is 0. The molecule has 4 aromatic rings. The Labute approximate surface area is 179 Å². The van der Waals surface area contributed by atoms with Gasteiger partial charge in [-0.2, -0.15) is 0 Å². The molecule has 9 nitrogen and oxygen atoms in total. The lowest BCUT2D eigenvalue weighted by Gasteiger charge is -2.13. The molecule has 3 aromatic carbocycles. The molecule has 154 valence electrons. The molecule has 0 saturated heterocycles. The van der Waals surface area contributed by atoms with Crippen molar-refractivity contribution >= 4 is 34.0 Å². The highest BCUT2D eigenvalue weighted by Crippen LogP contribution is 2.36. The van der Waals surface area contributed by atoms with Gasteiger partial charge >= 0.3 is 0 Å². The minimum atomic E-state index is -0.693. The molecule has 0 spiro atoms. The third kappa shape index (κ3) is 4.14. The van der Waals surface area contributed by atoms with Crippen LogP contribution in [0.4, 0.5) is 11.4 Å². The van der Waals surface area contributed by atoms with Crippen LogP contribution >= 0.6 is 11.8 Å². The van der Waals surface area contributed by atoms with Gasteiger partial charge in [0.05, 0.1) is 38.3 Å². The van der Waals surface area contributed by atoms with Crippen molar-refractivity contribution in [2.45, 2.75) is 16.6 Å². The molecular formula is C21H14N4O5S. The molecule has 0 N–H and O–H groups in total. The Kier molecular flexibility index (Phi) is 5.46. The molecule has 31 heavy (non-hydrogen) atoms. The van der Waals surface area contributed by atoms with Crippen LogP contribution in [0, 0.1) is 20.2 Å². The van der Waals surface area contributed by atoms with Gasteiger partial charge < -0.3 is 0 Å². The Balaban J connectivity index is 1.87. The number of hydrogen-bond acceptors (Lipinski definition) is 7. The SMILES string of the molecule is O=c1c2ccccc2nc(Sc2ccc([N+](=O)[O-])cc2[N+](=O)[O-])n1Cc1ccccc1. The van der Waals surface area contributed by atoms with Crippen molar-refractivity contribution in [1.29, 1.82) is 0 Å². The Morgan fingerprint density at radius 1 is 0.903 bits per heavy atom. The van der Waals surface area contributed by atoms with Crippen LogP contribution < -0.4 is 5.56 Å². The first-order chi connectivity index (χ1) is 14.9. The fourth-order valence-electron chi connectivity index (χ4n) is 3.08. The number of fused-ring (bicyclic) bond motifs is 1. The largest absolute Gasteiger partial charge is 0.290 e. The maximum Gasteiger partial charge on any atom is 0.290 e. The highest BCUT2D eigenvalue weighted by atomic mass is 32.2. The van der Waals surface area contributed by atoms with E-state index in [0.717, 1.165) is 23.4 Å². The lowest BCUT2D eigenvalue weighted by molar-refractivity contribution is -0.396. The van der Waals surface area contributed by atoms with Crippen LogP contribution in [0.3, 0.4) is 0 Å². The van der Waals surface area contributed by atoms with Gasteiger partial charge in [0.25, 0.3) is 16.9 Å². The second-order valence-corrected chi connectivity index (χ2v) is 7.57. The molecule has 10 heteroatoms. The molecule has 4 rings (SSSR count). The van der Waals surface area contributed by atoms with Crippen molar-refractivity contribution in [1.82, 2.24) is 9.55 Å². The maximum absolute atomic E-state index is 13.2. The molecule has 0 fully saturated rings. The van der Waals surface area contributed by atoms with Gasteiger partial charge in [-0.1, -0.05) is 42.5 Å². The zero-order valence-electron chi connectivity index (χ0n) is 15.9. The van der Waals surface area contributed by atoms with E-state index in [-0.39, 0.29) is 27.8 Å². The molecule has 0 aliphatic carbocycles. The van der Waals surface area contributed by atoms with Crippen LogP contribution in [0.15, 0.2) is 87.6 Å². The standard InChI is InChI=1S/C21H14N4O5S/c26-20-16-8-4-5-9-17(16)22-21(23(20)13-14-6-2-1-3-7-14)31-19-11-10-15(24(27)28)12-18(19)25(29)30/h1-12H,13H2. The van der Waals surface area contributed by atoms with Crippen LogP contribution in [0.1, 0.15) is 5.56 Å². The minimum Gasteiger partial charge on any atom is -0.282 e. The highest BCUT2D eigenvalue weighted by Gasteiger charge is 2.22. The van der Waals surface area contributed by atoms with Crippen LogP contribution in [0.25, 0.3) is 10.9 Å². The third-order valence-electron chi connectivity index (χ3n) is 4.56. The predicted molar refractivity (Wildman–Crippen MR) is 115 cm³/mol. The van der Waals surface area contributed by atoms with Crippen LogP contribution in [0.5, 0.6) is 0 Å². The lowest BCUT2D eigenvalue weighted by atomic mass is 10.2. The first kappa shape index (κ1) is 20.2. The summed E-state index contributed by atoms with van der Waals surface area (Å²) in [6.45, 7) is 0.223. The smallest absolute Gasteiger partial charge is 0.282 e. The second kappa shape index (κ2) is 8.36. The summed E-state index contributed by atoms with van der Waals surface area (Å²) in [5.41, 5.74) is 0.240. The van der Waals surface area contributed by atoms with Gasteiger partial charge in [0.15, 0.2) is 5.16 Å². The number of nitro groups is 2. The van der Waals surface area contributed by atoms with Crippen molar-refractivity contribution < 1.29 is 9.85 Å². The monoisotopic (exact) mass is 434 g/mol. The molecule has 1 aromatic heterocycles. The Morgan fingerprint density at radius 2 is 1.61 bits per heavy atom. The summed E-state index contributed by atoms with van der Waals surface area (Å²) >= 11 is 0.925. The molecule has 0 bridgehead atoms. The van der Waals surface area contributed by atoms with Gasteiger partial charge in [-0.3, -0.25) is 29.6 Å². The zero-order valence-corrected chi connectivity index (χ0v) is 16.7. The maximum atomic E-state index is 13.2. The fourth-order valence-corrected chi connectivity index (χ4v) is 4.05. The first-order valence-corrected chi connectivity index (χ1v) is 9.90. The molecule has 0 atom stereocenters. The number of non-ortho nitro benzene ring substituents is 1. The lowest BCUT2D eigenvalue weighted by Crippen LogP contribution is -2.24. The van der Waals surface area contributed by atoms with Gasteiger partial charge in [0.1, 0.15) is 0 Å². The molecule has 0 unspecified atom stereocenters. The average Bonchev–Trinajstić information content (AvgIpc) is 2.77. The van der Waals surface area contributed by atoms with E-state index in [2.05, 4.69) is 4.98 Å². The van der Waals surface area contributed by atoms with E-state index in [4.69, 9.17) is 0 Å². The molecule has 0 radical (unpaired) electrons. The van der Waals surface area contributed by atoms with E-state index in [1.54, 1.807) is 24.3 Å². The van der Waals surface area contributed by atoms with Gasteiger partial charge in [-0.25, -0.2) is 4.98 Å². The number of nitrogens with zero attached hydrogens (tertiary/aromatic N) is 4. The Bertz CT molecular complexity index is 1370. The van der Waals surface area contributed by atoms with Crippen molar-refractivity contribution in [3.63, 3.8) is 0 Å². The summed E-state index contributed by atoms with van der Waals surface area (Å²) in [5.74, 6) is 0. The van der Waals surface area contributed by atoms with Crippen LogP contribution in [0.2, 0.25) is 0 Å². The van der Waals surface area contributed by atoms with Crippen LogP contribution in [-0.4, -0.2) is 19.4 Å². The van der Waals surface area contributed by atoms with E-state index >= 15 is 0 Å². The zero-order chi connectivity index (χ0) is 22.0. The third-order valence-corrected chi connectivity index (χ3v) is 5.62. The summed E-state index contributed by atoms with van der Waals surface area (Å²) < 4.78 is 1.45. The molecule has 1 heterocycles. The molecular weight excluding hydrogens is 420 g/mol. The number of hydrogen-bond donors (Lipinski definition) is 0. The normalized spacial score (nSPS) is 10.8. The predicted octanol–water partition coefficient (Wildman–Crippen LogP) is 4.41. The molecule has 0 amide bonds. The number of aromatic nitrogens is 2. The number of para-hydroxylation sites is 1. The highest BCUT2D eigenvalue weighted by molar-refractivity contribution is 7.99. The van der Waals surface area contributed by atoms with E-state index in [1.807, 2.05) is 30.3 Å². The Hall–Kier alpha value is -4.05. The summed E-state index contributed by atoms with van der Waals surface area (Å²) in [5, 5.41) is 23.2. The van der Waals surface area contributed by atoms with Gasteiger partial charge in [-0.15, -0.1) is 0 Å². The van der Waals surface area contributed by atoms with Gasteiger partial charge in [0, 0.05) is 6.07 Å². The summed E-state index contributed by atoms with van der Waals surface area (Å²) in [6.07, 6.45) is 0. The molecule has 0 saturated carbocycles.